The first-order chi connectivity index (χ1) is 8.49. The number of aromatic nitrogens is 1. The van der Waals surface area contributed by atoms with E-state index in [1.165, 1.54) is 6.20 Å². The highest BCUT2D eigenvalue weighted by molar-refractivity contribution is 8.00. The molecular weight excluding hydrogens is 276 g/mol. The Bertz CT molecular complexity index is 425. The molecule has 0 aliphatic heterocycles. The fourth-order valence-corrected chi connectivity index (χ4v) is 1.89. The summed E-state index contributed by atoms with van der Waals surface area (Å²) in [7, 11) is 0. The summed E-state index contributed by atoms with van der Waals surface area (Å²) in [5.41, 5.74) is 0.705. The molecule has 5 nitrogen and oxygen atoms in total. The number of nitrogens with zero attached hydrogens (tertiary/aromatic N) is 1. The lowest BCUT2D eigenvalue weighted by atomic mass is 10.2. The summed E-state index contributed by atoms with van der Waals surface area (Å²) in [4.78, 5) is 25.9. The van der Waals surface area contributed by atoms with Gasteiger partial charge in [-0.1, -0.05) is 11.6 Å². The van der Waals surface area contributed by atoms with Crippen molar-refractivity contribution in [2.24, 2.45) is 0 Å². The molecule has 0 radical (unpaired) electrons. The van der Waals surface area contributed by atoms with Crippen molar-refractivity contribution in [3.8, 4) is 0 Å². The molecule has 0 bridgehead atoms. The highest BCUT2D eigenvalue weighted by atomic mass is 35.5. The van der Waals surface area contributed by atoms with Crippen LogP contribution in [0.1, 0.15) is 18.7 Å². The smallest absolute Gasteiger partial charge is 0.313 e. The van der Waals surface area contributed by atoms with Gasteiger partial charge in [-0.15, -0.1) is 11.8 Å². The SMILES string of the molecule is C[C@H](NC(=O)CSCC(=O)O)c1ccc(Cl)cn1. The van der Waals surface area contributed by atoms with Gasteiger partial charge in [-0.05, 0) is 19.1 Å². The van der Waals surface area contributed by atoms with Gasteiger partial charge in [-0.25, -0.2) is 0 Å². The van der Waals surface area contributed by atoms with Crippen LogP contribution in [0.4, 0.5) is 0 Å². The summed E-state index contributed by atoms with van der Waals surface area (Å²) < 4.78 is 0. The Labute approximate surface area is 114 Å². The van der Waals surface area contributed by atoms with Gasteiger partial charge in [0, 0.05) is 6.20 Å². The van der Waals surface area contributed by atoms with Crippen LogP contribution in [0.2, 0.25) is 5.02 Å². The molecule has 0 aromatic carbocycles. The maximum atomic E-state index is 11.5. The van der Waals surface area contributed by atoms with E-state index >= 15 is 0 Å². The van der Waals surface area contributed by atoms with Crippen molar-refractivity contribution in [2.45, 2.75) is 13.0 Å². The maximum absolute atomic E-state index is 11.5. The standard InChI is InChI=1S/C11H13ClN2O3S/c1-7(9-3-2-8(12)4-13-9)14-10(15)5-18-6-11(16)17/h2-4,7H,5-6H2,1H3,(H,14,15)(H,16,17)/t7-/m0/s1. The first-order valence-electron chi connectivity index (χ1n) is 5.19. The van der Waals surface area contributed by atoms with Crippen molar-refractivity contribution >= 4 is 35.2 Å². The van der Waals surface area contributed by atoms with Gasteiger partial charge in [0.25, 0.3) is 0 Å². The van der Waals surface area contributed by atoms with Crippen LogP contribution in [0, 0.1) is 0 Å². The zero-order chi connectivity index (χ0) is 13.5. The van der Waals surface area contributed by atoms with E-state index < -0.39 is 5.97 Å². The number of amides is 1. The topological polar surface area (TPSA) is 79.3 Å². The summed E-state index contributed by atoms with van der Waals surface area (Å²) in [5, 5.41) is 11.7. The third-order valence-corrected chi connectivity index (χ3v) is 3.17. The molecule has 18 heavy (non-hydrogen) atoms. The highest BCUT2D eigenvalue weighted by Gasteiger charge is 2.11. The number of nitrogens with one attached hydrogen (secondary N) is 1. The Hall–Kier alpha value is -1.27. The first kappa shape index (κ1) is 14.8. The van der Waals surface area contributed by atoms with Crippen LogP contribution in [0.25, 0.3) is 0 Å². The van der Waals surface area contributed by atoms with E-state index in [1.54, 1.807) is 19.1 Å². The predicted molar refractivity (Wildman–Crippen MR) is 70.8 cm³/mol. The molecule has 1 aromatic rings. The summed E-state index contributed by atoms with van der Waals surface area (Å²) >= 11 is 6.77. The Morgan fingerprint density at radius 3 is 2.78 bits per heavy atom. The molecule has 7 heteroatoms. The van der Waals surface area contributed by atoms with Gasteiger partial charge in [0.05, 0.1) is 28.3 Å². The van der Waals surface area contributed by atoms with Gasteiger partial charge < -0.3 is 10.4 Å². The number of thioether (sulfide) groups is 1. The molecule has 0 saturated heterocycles. The molecule has 0 saturated carbocycles. The van der Waals surface area contributed by atoms with E-state index in [2.05, 4.69) is 10.3 Å². The van der Waals surface area contributed by atoms with Crippen molar-refractivity contribution in [3.63, 3.8) is 0 Å². The Morgan fingerprint density at radius 2 is 2.22 bits per heavy atom. The average Bonchev–Trinajstić information content (AvgIpc) is 2.29. The fraction of sp³-hybridized carbons (Fsp3) is 0.364. The van der Waals surface area contributed by atoms with Crippen LogP contribution < -0.4 is 5.32 Å². The van der Waals surface area contributed by atoms with E-state index in [4.69, 9.17) is 16.7 Å². The molecule has 2 N–H and O–H groups in total. The van der Waals surface area contributed by atoms with E-state index in [0.717, 1.165) is 11.8 Å². The molecule has 0 spiro atoms. The lowest BCUT2D eigenvalue weighted by Crippen LogP contribution is -2.29. The van der Waals surface area contributed by atoms with E-state index in [1.807, 2.05) is 0 Å². The molecule has 1 atom stereocenters. The van der Waals surface area contributed by atoms with Crippen LogP contribution in [0.15, 0.2) is 18.3 Å². The van der Waals surface area contributed by atoms with Gasteiger partial charge in [0.1, 0.15) is 0 Å². The van der Waals surface area contributed by atoms with Crippen molar-refractivity contribution in [1.82, 2.24) is 10.3 Å². The average molecular weight is 289 g/mol. The monoisotopic (exact) mass is 288 g/mol. The van der Waals surface area contributed by atoms with Crippen molar-refractivity contribution in [3.05, 3.63) is 29.0 Å². The van der Waals surface area contributed by atoms with Crippen LogP contribution in [-0.2, 0) is 9.59 Å². The molecule has 1 heterocycles. The Balaban J connectivity index is 2.39. The summed E-state index contributed by atoms with van der Waals surface area (Å²) in [6, 6.07) is 3.20. The number of pyridine rings is 1. The number of aliphatic carboxylic acids is 1. The molecule has 0 unspecified atom stereocenters. The lowest BCUT2D eigenvalue weighted by molar-refractivity contribution is -0.133. The molecule has 1 amide bonds. The summed E-state index contributed by atoms with van der Waals surface area (Å²) in [6.45, 7) is 1.80. The molecule has 98 valence electrons. The van der Waals surface area contributed by atoms with E-state index in [9.17, 15) is 9.59 Å². The second-order valence-electron chi connectivity index (χ2n) is 3.58. The Kier molecular flexibility index (Phi) is 5.94. The van der Waals surface area contributed by atoms with Crippen LogP contribution in [0.5, 0.6) is 0 Å². The number of carboxylic acids is 1. The number of rotatable bonds is 6. The normalized spacial score (nSPS) is 11.9. The van der Waals surface area contributed by atoms with Crippen molar-refractivity contribution in [1.29, 1.82) is 0 Å². The third-order valence-electron chi connectivity index (χ3n) is 2.03. The minimum atomic E-state index is -0.930. The molecule has 1 aromatic heterocycles. The number of carboxylic acid groups (broad SMARTS) is 1. The van der Waals surface area contributed by atoms with E-state index in [-0.39, 0.29) is 23.5 Å². The second kappa shape index (κ2) is 7.23. The van der Waals surface area contributed by atoms with Gasteiger partial charge in [-0.3, -0.25) is 14.6 Å². The van der Waals surface area contributed by atoms with Gasteiger partial charge in [0.2, 0.25) is 5.91 Å². The molecular formula is C11H13ClN2O3S. The third kappa shape index (κ3) is 5.37. The van der Waals surface area contributed by atoms with Crippen LogP contribution in [0.3, 0.4) is 0 Å². The van der Waals surface area contributed by atoms with Crippen molar-refractivity contribution < 1.29 is 14.7 Å². The zero-order valence-corrected chi connectivity index (χ0v) is 11.3. The van der Waals surface area contributed by atoms with Gasteiger partial charge >= 0.3 is 5.97 Å². The molecule has 1 rings (SSSR count). The fourth-order valence-electron chi connectivity index (χ4n) is 1.23. The number of halogens is 1. The quantitative estimate of drug-likeness (QED) is 0.833. The van der Waals surface area contributed by atoms with Gasteiger partial charge in [0.15, 0.2) is 0 Å². The minimum Gasteiger partial charge on any atom is -0.481 e. The van der Waals surface area contributed by atoms with Crippen molar-refractivity contribution in [2.75, 3.05) is 11.5 Å². The summed E-state index contributed by atoms with van der Waals surface area (Å²) in [6.07, 6.45) is 1.51. The first-order valence-corrected chi connectivity index (χ1v) is 6.72. The number of hydrogen-bond acceptors (Lipinski definition) is 4. The number of hydrogen-bond donors (Lipinski definition) is 2. The van der Waals surface area contributed by atoms with E-state index in [0.29, 0.717) is 10.7 Å². The number of carbonyl (C=O) groups is 2. The van der Waals surface area contributed by atoms with Gasteiger partial charge in [-0.2, -0.15) is 0 Å². The summed E-state index contributed by atoms with van der Waals surface area (Å²) in [5.74, 6) is -1.11. The molecule has 0 aliphatic rings. The largest absolute Gasteiger partial charge is 0.481 e. The second-order valence-corrected chi connectivity index (χ2v) is 5.00. The number of carbonyl (C=O) groups excluding carboxylic acids is 1. The predicted octanol–water partition coefficient (Wildman–Crippen LogP) is 1.73. The Morgan fingerprint density at radius 1 is 1.50 bits per heavy atom. The molecule has 0 fully saturated rings. The van der Waals surface area contributed by atoms with Crippen LogP contribution in [-0.4, -0.2) is 33.5 Å². The van der Waals surface area contributed by atoms with Crippen LogP contribution >= 0.6 is 23.4 Å². The maximum Gasteiger partial charge on any atom is 0.313 e. The molecule has 0 aliphatic carbocycles. The lowest BCUT2D eigenvalue weighted by Gasteiger charge is -2.13. The highest BCUT2D eigenvalue weighted by Crippen LogP contribution is 2.13. The zero-order valence-electron chi connectivity index (χ0n) is 9.72. The minimum absolute atomic E-state index is 0.0823.